The molecule has 1 rings (SSSR count). The largest absolute Gasteiger partial charge is 0.491 e. The maximum absolute atomic E-state index is 12.5. The SMILES string of the molecule is C=C(CC)OC1C=CC(F)=CC1. The first-order valence-electron chi connectivity index (χ1n) is 4.10. The first-order chi connectivity index (χ1) is 5.72. The third-order valence-corrected chi connectivity index (χ3v) is 1.73. The summed E-state index contributed by atoms with van der Waals surface area (Å²) in [5.74, 6) is 0.567. The fourth-order valence-electron chi connectivity index (χ4n) is 0.959. The summed E-state index contributed by atoms with van der Waals surface area (Å²) in [6.45, 7) is 5.69. The molecule has 0 aromatic heterocycles. The highest BCUT2D eigenvalue weighted by Crippen LogP contribution is 2.16. The van der Waals surface area contributed by atoms with Gasteiger partial charge in [-0.25, -0.2) is 4.39 Å². The zero-order chi connectivity index (χ0) is 8.97. The summed E-state index contributed by atoms with van der Waals surface area (Å²) in [7, 11) is 0. The molecule has 0 bridgehead atoms. The molecule has 2 heteroatoms. The highest BCUT2D eigenvalue weighted by Gasteiger charge is 2.09. The molecule has 0 heterocycles. The molecule has 0 spiro atoms. The summed E-state index contributed by atoms with van der Waals surface area (Å²) in [5.41, 5.74) is 0. The zero-order valence-corrected chi connectivity index (χ0v) is 7.22. The van der Waals surface area contributed by atoms with Gasteiger partial charge >= 0.3 is 0 Å². The topological polar surface area (TPSA) is 9.23 Å². The molecule has 1 unspecified atom stereocenters. The van der Waals surface area contributed by atoms with Gasteiger partial charge in [-0.1, -0.05) is 13.5 Å². The van der Waals surface area contributed by atoms with Crippen molar-refractivity contribution < 1.29 is 9.13 Å². The van der Waals surface area contributed by atoms with Crippen LogP contribution in [-0.4, -0.2) is 6.10 Å². The van der Waals surface area contributed by atoms with E-state index in [9.17, 15) is 4.39 Å². The van der Waals surface area contributed by atoms with Gasteiger partial charge in [-0.15, -0.1) is 0 Å². The van der Waals surface area contributed by atoms with Crippen LogP contribution in [0.1, 0.15) is 19.8 Å². The van der Waals surface area contributed by atoms with Crippen molar-refractivity contribution in [2.75, 3.05) is 0 Å². The van der Waals surface area contributed by atoms with Crippen LogP contribution in [0.4, 0.5) is 4.39 Å². The minimum atomic E-state index is -0.183. The van der Waals surface area contributed by atoms with Gasteiger partial charge in [0.2, 0.25) is 0 Å². The fourth-order valence-corrected chi connectivity index (χ4v) is 0.959. The lowest BCUT2D eigenvalue weighted by atomic mass is 10.1. The summed E-state index contributed by atoms with van der Waals surface area (Å²) in [6, 6.07) is 0. The summed E-state index contributed by atoms with van der Waals surface area (Å²) >= 11 is 0. The van der Waals surface area contributed by atoms with Gasteiger partial charge in [0.15, 0.2) is 0 Å². The molecular weight excluding hydrogens is 155 g/mol. The maximum atomic E-state index is 12.5. The molecule has 0 N–H and O–H groups in total. The average molecular weight is 168 g/mol. The van der Waals surface area contributed by atoms with E-state index in [1.54, 1.807) is 6.08 Å². The Kier molecular flexibility index (Phi) is 3.09. The fraction of sp³-hybridized carbons (Fsp3) is 0.400. The first kappa shape index (κ1) is 9.04. The molecule has 0 aliphatic heterocycles. The van der Waals surface area contributed by atoms with Crippen LogP contribution in [0.3, 0.4) is 0 Å². The van der Waals surface area contributed by atoms with Gasteiger partial charge in [0.1, 0.15) is 11.9 Å². The molecule has 0 fully saturated rings. The Hall–Kier alpha value is -1.05. The van der Waals surface area contributed by atoms with E-state index < -0.39 is 0 Å². The monoisotopic (exact) mass is 168 g/mol. The van der Waals surface area contributed by atoms with Crippen LogP contribution in [0.15, 0.2) is 36.4 Å². The number of halogens is 1. The second-order valence-corrected chi connectivity index (χ2v) is 2.73. The predicted molar refractivity (Wildman–Crippen MR) is 47.3 cm³/mol. The zero-order valence-electron chi connectivity index (χ0n) is 7.22. The van der Waals surface area contributed by atoms with Gasteiger partial charge in [0.05, 0.1) is 5.76 Å². The molecule has 0 aromatic carbocycles. The maximum Gasteiger partial charge on any atom is 0.120 e. The Morgan fingerprint density at radius 2 is 2.58 bits per heavy atom. The van der Waals surface area contributed by atoms with Gasteiger partial charge in [-0.2, -0.15) is 0 Å². The Morgan fingerprint density at radius 3 is 3.08 bits per heavy atom. The van der Waals surface area contributed by atoms with Crippen molar-refractivity contribution in [2.45, 2.75) is 25.9 Å². The second-order valence-electron chi connectivity index (χ2n) is 2.73. The van der Waals surface area contributed by atoms with E-state index in [0.717, 1.165) is 12.2 Å². The molecule has 0 amide bonds. The molecule has 12 heavy (non-hydrogen) atoms. The first-order valence-corrected chi connectivity index (χ1v) is 4.10. The summed E-state index contributed by atoms with van der Waals surface area (Å²) < 4.78 is 17.9. The molecule has 66 valence electrons. The van der Waals surface area contributed by atoms with E-state index in [-0.39, 0.29) is 11.9 Å². The van der Waals surface area contributed by atoms with Gasteiger partial charge in [-0.3, -0.25) is 0 Å². The van der Waals surface area contributed by atoms with Crippen molar-refractivity contribution in [3.05, 3.63) is 36.4 Å². The summed E-state index contributed by atoms with van der Waals surface area (Å²) in [5, 5.41) is 0. The van der Waals surface area contributed by atoms with Gasteiger partial charge in [0, 0.05) is 12.8 Å². The number of rotatable bonds is 3. The van der Waals surface area contributed by atoms with Crippen LogP contribution < -0.4 is 0 Å². The van der Waals surface area contributed by atoms with E-state index in [1.807, 2.05) is 6.92 Å². The van der Waals surface area contributed by atoms with Crippen LogP contribution in [0.2, 0.25) is 0 Å². The Morgan fingerprint density at radius 1 is 1.83 bits per heavy atom. The van der Waals surface area contributed by atoms with Crippen molar-refractivity contribution in [1.82, 2.24) is 0 Å². The molecule has 0 aromatic rings. The summed E-state index contributed by atoms with van der Waals surface area (Å²) in [4.78, 5) is 0. The van der Waals surface area contributed by atoms with Crippen molar-refractivity contribution in [2.24, 2.45) is 0 Å². The van der Waals surface area contributed by atoms with Crippen LogP contribution in [-0.2, 0) is 4.74 Å². The van der Waals surface area contributed by atoms with Crippen LogP contribution in [0.25, 0.3) is 0 Å². The second kappa shape index (κ2) is 4.10. The predicted octanol–water partition coefficient (Wildman–Crippen LogP) is 3.11. The van der Waals surface area contributed by atoms with Crippen molar-refractivity contribution in [3.63, 3.8) is 0 Å². The normalized spacial score (nSPS) is 21.8. The van der Waals surface area contributed by atoms with Crippen LogP contribution >= 0.6 is 0 Å². The molecule has 0 saturated heterocycles. The Labute approximate surface area is 72.2 Å². The Bertz CT molecular complexity index is 228. The van der Waals surface area contributed by atoms with E-state index in [4.69, 9.17) is 4.74 Å². The van der Waals surface area contributed by atoms with Crippen molar-refractivity contribution in [1.29, 1.82) is 0 Å². The smallest absolute Gasteiger partial charge is 0.120 e. The molecule has 0 saturated carbocycles. The van der Waals surface area contributed by atoms with Crippen LogP contribution in [0.5, 0.6) is 0 Å². The number of hydrogen-bond acceptors (Lipinski definition) is 1. The third kappa shape index (κ3) is 2.53. The quantitative estimate of drug-likeness (QED) is 0.588. The molecule has 1 aliphatic rings. The lowest BCUT2D eigenvalue weighted by Crippen LogP contribution is -2.10. The number of ether oxygens (including phenoxy) is 1. The molecule has 1 aliphatic carbocycles. The van der Waals surface area contributed by atoms with Crippen molar-refractivity contribution in [3.8, 4) is 0 Å². The summed E-state index contributed by atoms with van der Waals surface area (Å²) in [6.07, 6.45) is 6.04. The third-order valence-electron chi connectivity index (χ3n) is 1.73. The van der Waals surface area contributed by atoms with Gasteiger partial charge in [-0.05, 0) is 18.2 Å². The molecule has 1 atom stereocenters. The van der Waals surface area contributed by atoms with E-state index in [2.05, 4.69) is 6.58 Å². The minimum Gasteiger partial charge on any atom is -0.491 e. The number of hydrogen-bond donors (Lipinski definition) is 0. The van der Waals surface area contributed by atoms with E-state index in [1.165, 1.54) is 12.2 Å². The lowest BCUT2D eigenvalue weighted by molar-refractivity contribution is 0.150. The lowest BCUT2D eigenvalue weighted by Gasteiger charge is -2.16. The highest BCUT2D eigenvalue weighted by atomic mass is 19.1. The molecule has 0 radical (unpaired) electrons. The van der Waals surface area contributed by atoms with Gasteiger partial charge in [0.25, 0.3) is 0 Å². The number of allylic oxidation sites excluding steroid dienone is 3. The standard InChI is InChI=1S/C10H13FO/c1-3-8(2)12-10-6-4-9(11)5-7-10/h4-6,10H,2-3,7H2,1H3. The van der Waals surface area contributed by atoms with E-state index in [0.29, 0.717) is 6.42 Å². The minimum absolute atomic E-state index is 0.0306. The van der Waals surface area contributed by atoms with E-state index >= 15 is 0 Å². The molecular formula is C10H13FO. The molecule has 1 nitrogen and oxygen atoms in total. The van der Waals surface area contributed by atoms with Crippen LogP contribution in [0, 0.1) is 0 Å². The highest BCUT2D eigenvalue weighted by molar-refractivity contribution is 5.18. The Balaban J connectivity index is 2.38. The average Bonchev–Trinajstić information content (AvgIpc) is 2.09. The van der Waals surface area contributed by atoms with Crippen molar-refractivity contribution >= 4 is 0 Å². The van der Waals surface area contributed by atoms with Gasteiger partial charge < -0.3 is 4.74 Å².